The maximum Gasteiger partial charge on any atom is 0.180 e. The van der Waals surface area contributed by atoms with Crippen molar-refractivity contribution in [3.63, 3.8) is 0 Å². The molecule has 0 radical (unpaired) electrons. The predicted molar refractivity (Wildman–Crippen MR) is 95.2 cm³/mol. The second-order valence-corrected chi connectivity index (χ2v) is 6.19. The number of hydrogen-bond donors (Lipinski definition) is 2. The third-order valence-corrected chi connectivity index (χ3v) is 4.45. The van der Waals surface area contributed by atoms with Crippen LogP contribution in [0.25, 0.3) is 6.08 Å². The molecule has 5 nitrogen and oxygen atoms in total. The lowest BCUT2D eigenvalue weighted by molar-refractivity contribution is -0.120. The van der Waals surface area contributed by atoms with Crippen LogP contribution in [-0.4, -0.2) is 23.6 Å². The van der Waals surface area contributed by atoms with Crippen LogP contribution in [0.15, 0.2) is 30.0 Å². The van der Waals surface area contributed by atoms with Crippen molar-refractivity contribution in [1.29, 1.82) is 0 Å². The van der Waals surface area contributed by atoms with Gasteiger partial charge in [0.15, 0.2) is 16.7 Å². The summed E-state index contributed by atoms with van der Waals surface area (Å²) < 4.78 is 0. The Morgan fingerprint density at radius 2 is 2.22 bits per heavy atom. The monoisotopic (exact) mass is 349 g/mol. The van der Waals surface area contributed by atoms with Crippen LogP contribution in [-0.2, 0) is 22.4 Å². The highest BCUT2D eigenvalue weighted by Gasteiger charge is 2.25. The summed E-state index contributed by atoms with van der Waals surface area (Å²) in [5, 5.41) is 3.50. The molecular formula is C16H16ClN3O2S. The van der Waals surface area contributed by atoms with E-state index < -0.39 is 0 Å². The molecule has 1 heterocycles. The molecule has 0 unspecified atom stereocenters. The van der Waals surface area contributed by atoms with Crippen molar-refractivity contribution < 1.29 is 9.59 Å². The van der Waals surface area contributed by atoms with Crippen LogP contribution in [0.4, 0.5) is 10.8 Å². The van der Waals surface area contributed by atoms with Gasteiger partial charge in [0, 0.05) is 36.7 Å². The van der Waals surface area contributed by atoms with Crippen LogP contribution in [0, 0.1) is 0 Å². The number of halogens is 1. The van der Waals surface area contributed by atoms with Crippen molar-refractivity contribution in [2.75, 3.05) is 18.1 Å². The summed E-state index contributed by atoms with van der Waals surface area (Å²) in [6.45, 7) is 0. The van der Waals surface area contributed by atoms with Crippen LogP contribution in [0.3, 0.4) is 0 Å². The van der Waals surface area contributed by atoms with Crippen LogP contribution in [0.5, 0.6) is 0 Å². The lowest BCUT2D eigenvalue weighted by atomic mass is 9.87. The molecule has 0 amide bonds. The van der Waals surface area contributed by atoms with Gasteiger partial charge in [-0.1, -0.05) is 12.1 Å². The summed E-state index contributed by atoms with van der Waals surface area (Å²) in [4.78, 5) is 29.4. The fourth-order valence-corrected chi connectivity index (χ4v) is 3.24. The van der Waals surface area contributed by atoms with E-state index in [1.807, 2.05) is 25.2 Å². The first-order valence-electron chi connectivity index (χ1n) is 6.86. The Labute approximate surface area is 144 Å². The minimum absolute atomic E-state index is 0. The summed E-state index contributed by atoms with van der Waals surface area (Å²) >= 11 is 1.27. The molecule has 0 fully saturated rings. The highest BCUT2D eigenvalue weighted by Crippen LogP contribution is 2.29. The van der Waals surface area contributed by atoms with Gasteiger partial charge in [0.1, 0.15) is 0 Å². The number of hydrogen-bond acceptors (Lipinski definition) is 6. The quantitative estimate of drug-likeness (QED) is 0.828. The van der Waals surface area contributed by atoms with E-state index in [0.29, 0.717) is 5.13 Å². The number of rotatable bonds is 4. The Kier molecular flexibility index (Phi) is 5.18. The lowest BCUT2D eigenvalue weighted by Gasteiger charge is -2.18. The number of fused-ring (bicyclic) bond motifs is 1. The molecule has 23 heavy (non-hydrogen) atoms. The number of nitrogens with two attached hydrogens (primary N) is 1. The minimum atomic E-state index is -0.186. The molecule has 1 aliphatic carbocycles. The molecule has 120 valence electrons. The predicted octanol–water partition coefficient (Wildman–Crippen LogP) is 2.51. The van der Waals surface area contributed by atoms with Gasteiger partial charge in [-0.15, -0.1) is 23.7 Å². The van der Waals surface area contributed by atoms with Crippen LogP contribution < -0.4 is 11.1 Å². The summed E-state index contributed by atoms with van der Waals surface area (Å²) in [6, 6.07) is 5.75. The van der Waals surface area contributed by atoms with Gasteiger partial charge in [-0.05, 0) is 23.3 Å². The number of Topliss-reactive ketones (excluding diaryl/α,β-unsaturated/α-hetero) is 2. The van der Waals surface area contributed by atoms with E-state index in [-0.39, 0.29) is 42.4 Å². The number of allylic oxidation sites excluding steroid dienone is 1. The van der Waals surface area contributed by atoms with Crippen molar-refractivity contribution in [1.82, 2.24) is 4.98 Å². The van der Waals surface area contributed by atoms with Gasteiger partial charge in [0.05, 0.1) is 5.57 Å². The number of thiazole rings is 1. The minimum Gasteiger partial charge on any atom is -0.388 e. The maximum absolute atomic E-state index is 12.4. The normalized spacial score (nSPS) is 12.9. The Morgan fingerprint density at radius 1 is 1.43 bits per heavy atom. The SMILES string of the molecule is CNc1cccc2c1CC(=O)C(C(=O)Cc1cnc(N)s1)=C2.Cl. The molecule has 7 heteroatoms. The van der Waals surface area contributed by atoms with Crippen molar-refractivity contribution in [2.45, 2.75) is 12.8 Å². The van der Waals surface area contributed by atoms with E-state index in [4.69, 9.17) is 5.73 Å². The molecule has 1 aromatic heterocycles. The summed E-state index contributed by atoms with van der Waals surface area (Å²) in [6.07, 6.45) is 3.68. The Bertz CT molecular complexity index is 798. The van der Waals surface area contributed by atoms with Crippen LogP contribution >= 0.6 is 23.7 Å². The zero-order valence-electron chi connectivity index (χ0n) is 12.5. The number of carbonyl (C=O) groups is 2. The molecule has 0 bridgehead atoms. The van der Waals surface area contributed by atoms with Gasteiger partial charge in [-0.2, -0.15) is 0 Å². The molecule has 0 saturated carbocycles. The molecule has 0 aliphatic heterocycles. The molecule has 1 aliphatic rings. The number of nitrogens with zero attached hydrogens (tertiary/aromatic N) is 1. The number of aromatic nitrogens is 1. The molecule has 0 saturated heterocycles. The number of ketones is 2. The largest absolute Gasteiger partial charge is 0.388 e. The average Bonchev–Trinajstić information content (AvgIpc) is 2.91. The topological polar surface area (TPSA) is 85.1 Å². The highest BCUT2D eigenvalue weighted by atomic mass is 35.5. The van der Waals surface area contributed by atoms with Gasteiger partial charge in [0.2, 0.25) is 0 Å². The van der Waals surface area contributed by atoms with Gasteiger partial charge >= 0.3 is 0 Å². The lowest BCUT2D eigenvalue weighted by Crippen LogP contribution is -2.21. The Balaban J connectivity index is 0.00000192. The van der Waals surface area contributed by atoms with E-state index in [9.17, 15) is 9.59 Å². The van der Waals surface area contributed by atoms with E-state index in [0.717, 1.165) is 21.7 Å². The molecular weight excluding hydrogens is 334 g/mol. The number of nitrogen functional groups attached to an aromatic ring is 1. The molecule has 1 aromatic carbocycles. The van der Waals surface area contributed by atoms with Crippen molar-refractivity contribution in [3.8, 4) is 0 Å². The second-order valence-electron chi connectivity index (χ2n) is 5.05. The fourth-order valence-electron chi connectivity index (χ4n) is 2.56. The first-order chi connectivity index (χ1) is 10.6. The fraction of sp³-hybridized carbons (Fsp3) is 0.188. The number of anilines is 2. The van der Waals surface area contributed by atoms with Crippen LogP contribution in [0.1, 0.15) is 16.0 Å². The average molecular weight is 350 g/mol. The highest BCUT2D eigenvalue weighted by molar-refractivity contribution is 7.15. The molecule has 0 atom stereocenters. The third-order valence-electron chi connectivity index (χ3n) is 3.63. The van der Waals surface area contributed by atoms with Crippen molar-refractivity contribution in [3.05, 3.63) is 46.0 Å². The number of carbonyl (C=O) groups excluding carboxylic acids is 2. The van der Waals surface area contributed by atoms with Gasteiger partial charge in [-0.3, -0.25) is 9.59 Å². The zero-order valence-corrected chi connectivity index (χ0v) is 14.1. The third kappa shape index (κ3) is 3.43. The molecule has 0 spiro atoms. The van der Waals surface area contributed by atoms with Crippen molar-refractivity contribution in [2.24, 2.45) is 0 Å². The van der Waals surface area contributed by atoms with E-state index in [1.165, 1.54) is 11.3 Å². The smallest absolute Gasteiger partial charge is 0.180 e. The Hall–Kier alpha value is -2.18. The van der Waals surface area contributed by atoms with Crippen LogP contribution in [0.2, 0.25) is 0 Å². The van der Waals surface area contributed by atoms with Gasteiger partial charge < -0.3 is 11.1 Å². The summed E-state index contributed by atoms with van der Waals surface area (Å²) in [5.41, 5.74) is 8.59. The maximum atomic E-state index is 12.4. The molecule has 3 rings (SSSR count). The number of benzene rings is 1. The zero-order chi connectivity index (χ0) is 15.7. The second kappa shape index (κ2) is 6.93. The first-order valence-corrected chi connectivity index (χ1v) is 7.68. The van der Waals surface area contributed by atoms with Gasteiger partial charge in [0.25, 0.3) is 0 Å². The van der Waals surface area contributed by atoms with Gasteiger partial charge in [-0.25, -0.2) is 4.98 Å². The first kappa shape index (κ1) is 17.2. The number of nitrogens with one attached hydrogen (secondary N) is 1. The van der Waals surface area contributed by atoms with E-state index >= 15 is 0 Å². The molecule has 3 N–H and O–H groups in total. The van der Waals surface area contributed by atoms with E-state index in [1.54, 1.807) is 12.3 Å². The van der Waals surface area contributed by atoms with Crippen molar-refractivity contribution >= 4 is 52.2 Å². The summed E-state index contributed by atoms with van der Waals surface area (Å²) in [5.74, 6) is -0.327. The summed E-state index contributed by atoms with van der Waals surface area (Å²) in [7, 11) is 1.82. The standard InChI is InChI=1S/C16H15N3O2S.ClH/c1-18-13-4-2-3-9-5-12(15(21)7-11(9)13)14(20)6-10-8-19-16(17)22-10;/h2-5,8,18H,6-7H2,1H3,(H2,17,19);1H. The van der Waals surface area contributed by atoms with E-state index in [2.05, 4.69) is 10.3 Å². The Morgan fingerprint density at radius 3 is 2.87 bits per heavy atom. The molecule has 2 aromatic rings.